The van der Waals surface area contributed by atoms with E-state index in [2.05, 4.69) is 20.6 Å². The van der Waals surface area contributed by atoms with Gasteiger partial charge in [0.1, 0.15) is 5.69 Å². The molecule has 9 heteroatoms. The van der Waals surface area contributed by atoms with Gasteiger partial charge in [-0.3, -0.25) is 24.4 Å². The number of nitrogens with zero attached hydrogens (tertiary/aromatic N) is 3. The molecule has 7 rings (SSSR count). The fraction of sp³-hybridized carbons (Fsp3) is 0.182. The van der Waals surface area contributed by atoms with Crippen LogP contribution in [0.2, 0.25) is 0 Å². The highest BCUT2D eigenvalue weighted by molar-refractivity contribution is 7.17. The first-order chi connectivity index (χ1) is 20.5. The van der Waals surface area contributed by atoms with E-state index in [0.29, 0.717) is 58.5 Å². The van der Waals surface area contributed by atoms with Crippen molar-refractivity contribution >= 4 is 64.2 Å². The second kappa shape index (κ2) is 10.8. The summed E-state index contributed by atoms with van der Waals surface area (Å²) in [5.74, 6) is -0.433. The van der Waals surface area contributed by atoms with Crippen LogP contribution in [0.3, 0.4) is 0 Å². The van der Waals surface area contributed by atoms with Crippen molar-refractivity contribution in [2.45, 2.75) is 31.7 Å². The van der Waals surface area contributed by atoms with Gasteiger partial charge in [0.15, 0.2) is 0 Å². The highest BCUT2D eigenvalue weighted by atomic mass is 32.1. The van der Waals surface area contributed by atoms with E-state index >= 15 is 0 Å². The molecule has 3 aromatic carbocycles. The standard InChI is InChI=1S/C33H27N5O3S/c39-31(25-6-3-7-26-29(25)35-17-4-16-34-26)36-22-11-9-20(10-12-22)33(41)38-18-15-21-19-28(32(40)37-23-13-14-23)42-30(21)24-5-1-2-8-27(24)38/h1-3,5-12,16-17,19,23H,4,13-15,18H2,(H,36,39)(H,37,40). The Hall–Kier alpha value is -4.89. The lowest BCUT2D eigenvalue weighted by Gasteiger charge is -2.23. The number of rotatable bonds is 5. The Balaban J connectivity index is 1.10. The fourth-order valence-electron chi connectivity index (χ4n) is 5.25. The van der Waals surface area contributed by atoms with E-state index in [9.17, 15) is 14.4 Å². The Labute approximate surface area is 246 Å². The number of anilines is 2. The average Bonchev–Trinajstić information content (AvgIpc) is 3.80. The summed E-state index contributed by atoms with van der Waals surface area (Å²) in [5.41, 5.74) is 5.58. The minimum atomic E-state index is -0.294. The first kappa shape index (κ1) is 26.0. The maximum atomic E-state index is 13.8. The molecular weight excluding hydrogens is 546 g/mol. The molecule has 1 saturated carbocycles. The van der Waals surface area contributed by atoms with Crippen molar-refractivity contribution in [3.05, 3.63) is 94.4 Å². The Morgan fingerprint density at radius 3 is 2.52 bits per heavy atom. The molecule has 2 aliphatic heterocycles. The minimum Gasteiger partial charge on any atom is -0.349 e. The molecule has 8 nitrogen and oxygen atoms in total. The van der Waals surface area contributed by atoms with E-state index in [1.807, 2.05) is 36.4 Å². The molecule has 4 aromatic rings. The molecule has 0 spiro atoms. The van der Waals surface area contributed by atoms with Gasteiger partial charge in [-0.25, -0.2) is 0 Å². The van der Waals surface area contributed by atoms with Crippen LogP contribution < -0.4 is 15.5 Å². The summed E-state index contributed by atoms with van der Waals surface area (Å²) in [4.78, 5) is 52.0. The smallest absolute Gasteiger partial charge is 0.261 e. The molecule has 1 fully saturated rings. The summed E-state index contributed by atoms with van der Waals surface area (Å²) in [6.07, 6.45) is 6.84. The molecule has 3 amide bonds. The van der Waals surface area contributed by atoms with E-state index in [1.165, 1.54) is 11.3 Å². The van der Waals surface area contributed by atoms with Gasteiger partial charge in [0.2, 0.25) is 0 Å². The Bertz CT molecular complexity index is 1790. The third kappa shape index (κ3) is 5.03. The summed E-state index contributed by atoms with van der Waals surface area (Å²) in [6, 6.07) is 22.4. The van der Waals surface area contributed by atoms with Crippen LogP contribution in [0.4, 0.5) is 22.7 Å². The van der Waals surface area contributed by atoms with Gasteiger partial charge in [-0.1, -0.05) is 24.3 Å². The van der Waals surface area contributed by atoms with Crippen molar-refractivity contribution in [3.8, 4) is 10.4 Å². The second-order valence-electron chi connectivity index (χ2n) is 10.5. The Morgan fingerprint density at radius 1 is 0.881 bits per heavy atom. The average molecular weight is 574 g/mol. The van der Waals surface area contributed by atoms with Crippen LogP contribution in [0.1, 0.15) is 55.2 Å². The first-order valence-corrected chi connectivity index (χ1v) is 14.8. The lowest BCUT2D eigenvalue weighted by molar-refractivity contribution is 0.0952. The number of nitrogens with one attached hydrogen (secondary N) is 2. The number of amides is 3. The van der Waals surface area contributed by atoms with Crippen LogP contribution in [0.25, 0.3) is 10.4 Å². The van der Waals surface area contributed by atoms with E-state index in [0.717, 1.165) is 34.5 Å². The molecule has 208 valence electrons. The van der Waals surface area contributed by atoms with Crippen molar-refractivity contribution in [1.29, 1.82) is 0 Å². The van der Waals surface area contributed by atoms with Crippen LogP contribution in [-0.2, 0) is 6.42 Å². The Morgan fingerprint density at radius 2 is 1.69 bits per heavy atom. The molecular formula is C33H27N5O3S. The van der Waals surface area contributed by atoms with Crippen LogP contribution in [-0.4, -0.2) is 42.7 Å². The van der Waals surface area contributed by atoms with Crippen molar-refractivity contribution in [1.82, 2.24) is 5.32 Å². The number of hydrogen-bond acceptors (Lipinski definition) is 6. The zero-order valence-electron chi connectivity index (χ0n) is 22.7. The topological polar surface area (TPSA) is 103 Å². The zero-order valence-corrected chi connectivity index (χ0v) is 23.5. The molecule has 0 bridgehead atoms. The van der Waals surface area contributed by atoms with Crippen molar-refractivity contribution < 1.29 is 14.4 Å². The molecule has 0 saturated heterocycles. The summed E-state index contributed by atoms with van der Waals surface area (Å²) in [7, 11) is 0. The highest BCUT2D eigenvalue weighted by Gasteiger charge is 2.29. The molecule has 42 heavy (non-hydrogen) atoms. The van der Waals surface area contributed by atoms with E-state index < -0.39 is 0 Å². The number of thiophene rings is 1. The van der Waals surface area contributed by atoms with Gasteiger partial charge in [0.05, 0.1) is 21.8 Å². The highest BCUT2D eigenvalue weighted by Crippen LogP contribution is 2.42. The lowest BCUT2D eigenvalue weighted by atomic mass is 10.1. The van der Waals surface area contributed by atoms with Gasteiger partial charge in [-0.05, 0) is 73.4 Å². The van der Waals surface area contributed by atoms with Gasteiger partial charge >= 0.3 is 0 Å². The maximum Gasteiger partial charge on any atom is 0.261 e. The summed E-state index contributed by atoms with van der Waals surface area (Å²) in [6.45, 7) is 0.490. The van der Waals surface area contributed by atoms with E-state index in [4.69, 9.17) is 0 Å². The molecule has 1 aromatic heterocycles. The van der Waals surface area contributed by atoms with Crippen LogP contribution in [0.15, 0.2) is 82.8 Å². The first-order valence-electron chi connectivity index (χ1n) is 14.0. The summed E-state index contributed by atoms with van der Waals surface area (Å²) < 4.78 is 0. The largest absolute Gasteiger partial charge is 0.349 e. The van der Waals surface area contributed by atoms with Gasteiger partial charge in [0, 0.05) is 53.1 Å². The predicted octanol–water partition coefficient (Wildman–Crippen LogP) is 6.57. The molecule has 1 aliphatic carbocycles. The molecule has 2 N–H and O–H groups in total. The number of hydrogen-bond donors (Lipinski definition) is 2. The number of carbonyl (C=O) groups is 3. The van der Waals surface area contributed by atoms with Gasteiger partial charge in [0.25, 0.3) is 17.7 Å². The summed E-state index contributed by atoms with van der Waals surface area (Å²) >= 11 is 1.49. The molecule has 0 atom stereocenters. The number of benzene rings is 3. The van der Waals surface area contributed by atoms with Gasteiger partial charge in [-0.2, -0.15) is 0 Å². The third-order valence-electron chi connectivity index (χ3n) is 7.55. The van der Waals surface area contributed by atoms with Crippen molar-refractivity contribution in [2.24, 2.45) is 9.98 Å². The summed E-state index contributed by atoms with van der Waals surface area (Å²) in [5, 5.41) is 6.00. The van der Waals surface area contributed by atoms with Crippen LogP contribution in [0, 0.1) is 0 Å². The van der Waals surface area contributed by atoms with Crippen LogP contribution in [0.5, 0.6) is 0 Å². The zero-order chi connectivity index (χ0) is 28.6. The SMILES string of the molecule is O=C(NC1CC1)c1cc2c(s1)-c1ccccc1N(C(=O)c1ccc(NC(=O)c3cccc4c3N=CCC=N4)cc1)CC2. The van der Waals surface area contributed by atoms with Crippen molar-refractivity contribution in [2.75, 3.05) is 16.8 Å². The van der Waals surface area contributed by atoms with E-state index in [-0.39, 0.29) is 17.7 Å². The Kier molecular flexibility index (Phi) is 6.71. The van der Waals surface area contributed by atoms with Crippen molar-refractivity contribution in [3.63, 3.8) is 0 Å². The monoisotopic (exact) mass is 573 g/mol. The van der Waals surface area contributed by atoms with Gasteiger partial charge in [-0.15, -0.1) is 11.3 Å². The lowest BCUT2D eigenvalue weighted by Crippen LogP contribution is -2.32. The molecule has 0 unspecified atom stereocenters. The predicted molar refractivity (Wildman–Crippen MR) is 167 cm³/mol. The number of fused-ring (bicyclic) bond motifs is 4. The number of carbonyl (C=O) groups excluding carboxylic acids is 3. The molecule has 3 heterocycles. The van der Waals surface area contributed by atoms with E-state index in [1.54, 1.807) is 53.7 Å². The normalized spacial score (nSPS) is 15.1. The number of para-hydroxylation sites is 2. The third-order valence-corrected chi connectivity index (χ3v) is 8.75. The van der Waals surface area contributed by atoms with Gasteiger partial charge < -0.3 is 15.5 Å². The quantitative estimate of drug-likeness (QED) is 0.282. The maximum absolute atomic E-state index is 13.8. The number of aliphatic imine (C=N–C) groups is 2. The molecule has 3 aliphatic rings. The minimum absolute atomic E-state index is 0.0166. The fourth-order valence-corrected chi connectivity index (χ4v) is 6.40. The molecule has 0 radical (unpaired) electrons. The second-order valence-corrected chi connectivity index (χ2v) is 11.6. The van der Waals surface area contributed by atoms with Crippen LogP contribution >= 0.6 is 11.3 Å².